The summed E-state index contributed by atoms with van der Waals surface area (Å²) in [6, 6.07) is 7.80. The van der Waals surface area contributed by atoms with Gasteiger partial charge < -0.3 is 10.1 Å². The quantitative estimate of drug-likeness (QED) is 0.800. The van der Waals surface area contributed by atoms with Gasteiger partial charge in [-0.05, 0) is 30.5 Å². The highest BCUT2D eigenvalue weighted by atomic mass is 35.5. The van der Waals surface area contributed by atoms with Crippen molar-refractivity contribution in [1.29, 1.82) is 0 Å². The predicted octanol–water partition coefficient (Wildman–Crippen LogP) is 2.14. The molecule has 3 nitrogen and oxygen atoms in total. The van der Waals surface area contributed by atoms with Crippen molar-refractivity contribution in [3.8, 4) is 0 Å². The number of carbonyl (C=O) groups excluding carboxylic acids is 1. The summed E-state index contributed by atoms with van der Waals surface area (Å²) in [5.41, 5.74) is 0.948. The summed E-state index contributed by atoms with van der Waals surface area (Å²) < 4.78 is 5.10. The monoisotopic (exact) mass is 239 g/mol. The Morgan fingerprint density at radius 1 is 1.38 bits per heavy atom. The van der Waals surface area contributed by atoms with Crippen LogP contribution in [0.1, 0.15) is 18.4 Å². The topological polar surface area (TPSA) is 38.3 Å². The number of benzene rings is 1. The second kappa shape index (κ2) is 5.32. The van der Waals surface area contributed by atoms with E-state index in [9.17, 15) is 4.79 Å². The first-order chi connectivity index (χ1) is 7.74. The molecule has 1 aliphatic rings. The maximum atomic E-state index is 11.3. The van der Waals surface area contributed by atoms with Crippen molar-refractivity contribution in [3.63, 3.8) is 0 Å². The van der Waals surface area contributed by atoms with Gasteiger partial charge in [-0.25, -0.2) is 0 Å². The van der Waals surface area contributed by atoms with Gasteiger partial charge in [-0.1, -0.05) is 23.7 Å². The molecular formula is C12H14ClNO2. The summed E-state index contributed by atoms with van der Waals surface area (Å²) in [6.45, 7) is 0.612. The Morgan fingerprint density at radius 3 is 2.69 bits per heavy atom. The highest BCUT2D eigenvalue weighted by molar-refractivity contribution is 6.30. The molecule has 1 aromatic rings. The average Bonchev–Trinajstić information content (AvgIpc) is 3.09. The number of halogens is 1. The molecule has 0 unspecified atom stereocenters. The number of hydrogen-bond donors (Lipinski definition) is 1. The molecule has 2 rings (SSSR count). The molecule has 0 spiro atoms. The highest BCUT2D eigenvalue weighted by Gasteiger charge is 2.21. The van der Waals surface area contributed by atoms with Gasteiger partial charge in [0.25, 0.3) is 0 Å². The van der Waals surface area contributed by atoms with E-state index in [0.717, 1.165) is 5.56 Å². The van der Waals surface area contributed by atoms with Crippen LogP contribution in [-0.2, 0) is 16.1 Å². The van der Waals surface area contributed by atoms with Crippen LogP contribution in [0.5, 0.6) is 0 Å². The molecule has 1 aliphatic carbocycles. The van der Waals surface area contributed by atoms with Gasteiger partial charge in [0.05, 0.1) is 6.54 Å². The second-order valence-electron chi connectivity index (χ2n) is 3.94. The molecule has 1 N–H and O–H groups in total. The maximum absolute atomic E-state index is 11.3. The molecule has 1 fully saturated rings. The van der Waals surface area contributed by atoms with Crippen LogP contribution in [0.15, 0.2) is 24.3 Å². The summed E-state index contributed by atoms with van der Waals surface area (Å²) in [4.78, 5) is 11.3. The Morgan fingerprint density at radius 2 is 2.06 bits per heavy atom. The Bertz CT molecular complexity index is 360. The van der Waals surface area contributed by atoms with E-state index < -0.39 is 0 Å². The Hall–Kier alpha value is -1.06. The van der Waals surface area contributed by atoms with Gasteiger partial charge in [-0.15, -0.1) is 0 Å². The van der Waals surface area contributed by atoms with Gasteiger partial charge in [0.2, 0.25) is 0 Å². The van der Waals surface area contributed by atoms with Crippen molar-refractivity contribution < 1.29 is 9.53 Å². The first-order valence-electron chi connectivity index (χ1n) is 5.37. The minimum Gasteiger partial charge on any atom is -0.460 e. The molecule has 0 atom stereocenters. The molecule has 1 saturated carbocycles. The van der Waals surface area contributed by atoms with Gasteiger partial charge in [-0.3, -0.25) is 4.79 Å². The van der Waals surface area contributed by atoms with Crippen LogP contribution in [0.25, 0.3) is 0 Å². The zero-order valence-electron chi connectivity index (χ0n) is 8.91. The lowest BCUT2D eigenvalue weighted by Gasteiger charge is -2.05. The van der Waals surface area contributed by atoms with Crippen molar-refractivity contribution in [2.24, 2.45) is 0 Å². The van der Waals surface area contributed by atoms with E-state index >= 15 is 0 Å². The fourth-order valence-electron chi connectivity index (χ4n) is 1.31. The van der Waals surface area contributed by atoms with Gasteiger partial charge in [0.15, 0.2) is 0 Å². The Labute approximate surface area is 99.7 Å². The van der Waals surface area contributed by atoms with Crippen LogP contribution in [0.3, 0.4) is 0 Å². The molecule has 0 saturated heterocycles. The molecule has 0 bridgehead atoms. The summed E-state index contributed by atoms with van der Waals surface area (Å²) in [6.07, 6.45) is 2.34. The molecule has 0 aliphatic heterocycles. The van der Waals surface area contributed by atoms with E-state index in [1.165, 1.54) is 12.8 Å². The SMILES string of the molecule is O=C(CNC1CC1)OCc1ccc(Cl)cc1. The fourth-order valence-corrected chi connectivity index (χ4v) is 1.44. The van der Waals surface area contributed by atoms with Crippen molar-refractivity contribution in [3.05, 3.63) is 34.9 Å². The number of esters is 1. The molecular weight excluding hydrogens is 226 g/mol. The third-order valence-electron chi connectivity index (χ3n) is 2.43. The van der Waals surface area contributed by atoms with Crippen molar-refractivity contribution >= 4 is 17.6 Å². The van der Waals surface area contributed by atoms with Crippen molar-refractivity contribution in [2.45, 2.75) is 25.5 Å². The number of rotatable bonds is 5. The number of carbonyl (C=O) groups is 1. The highest BCUT2D eigenvalue weighted by Crippen LogP contribution is 2.18. The molecule has 0 heterocycles. The van der Waals surface area contributed by atoms with Crippen LogP contribution in [0.2, 0.25) is 5.02 Å². The van der Waals surface area contributed by atoms with E-state index in [0.29, 0.717) is 24.2 Å². The zero-order chi connectivity index (χ0) is 11.4. The van der Waals surface area contributed by atoms with E-state index in [1.54, 1.807) is 12.1 Å². The first kappa shape index (κ1) is 11.4. The van der Waals surface area contributed by atoms with Gasteiger partial charge >= 0.3 is 5.97 Å². The molecule has 0 radical (unpaired) electrons. The summed E-state index contributed by atoms with van der Waals surface area (Å²) in [7, 11) is 0. The van der Waals surface area contributed by atoms with Crippen LogP contribution in [0.4, 0.5) is 0 Å². The average molecular weight is 240 g/mol. The van der Waals surface area contributed by atoms with E-state index in [4.69, 9.17) is 16.3 Å². The Balaban J connectivity index is 1.69. The minimum atomic E-state index is -0.207. The molecule has 1 aromatic carbocycles. The molecule has 16 heavy (non-hydrogen) atoms. The summed E-state index contributed by atoms with van der Waals surface area (Å²) >= 11 is 5.75. The zero-order valence-corrected chi connectivity index (χ0v) is 9.67. The normalized spacial score (nSPS) is 14.8. The largest absolute Gasteiger partial charge is 0.460 e. The molecule has 4 heteroatoms. The fraction of sp³-hybridized carbons (Fsp3) is 0.417. The lowest BCUT2D eigenvalue weighted by atomic mass is 10.2. The predicted molar refractivity (Wildman–Crippen MR) is 62.3 cm³/mol. The smallest absolute Gasteiger partial charge is 0.320 e. The second-order valence-corrected chi connectivity index (χ2v) is 4.38. The van der Waals surface area contributed by atoms with Crippen LogP contribution >= 0.6 is 11.6 Å². The number of nitrogens with one attached hydrogen (secondary N) is 1. The van der Waals surface area contributed by atoms with E-state index in [2.05, 4.69) is 5.32 Å². The molecule has 86 valence electrons. The van der Waals surface area contributed by atoms with Crippen LogP contribution < -0.4 is 5.32 Å². The number of hydrogen-bond acceptors (Lipinski definition) is 3. The first-order valence-corrected chi connectivity index (χ1v) is 5.75. The minimum absolute atomic E-state index is 0.207. The lowest BCUT2D eigenvalue weighted by molar-refractivity contribution is -0.143. The summed E-state index contributed by atoms with van der Waals surface area (Å²) in [5.74, 6) is -0.207. The van der Waals surface area contributed by atoms with Crippen molar-refractivity contribution in [2.75, 3.05) is 6.54 Å². The van der Waals surface area contributed by atoms with Crippen LogP contribution in [0, 0.1) is 0 Å². The standard InChI is InChI=1S/C12H14ClNO2/c13-10-3-1-9(2-4-10)8-16-12(15)7-14-11-5-6-11/h1-4,11,14H,5-8H2. The van der Waals surface area contributed by atoms with Gasteiger partial charge in [0, 0.05) is 11.1 Å². The Kier molecular flexibility index (Phi) is 3.80. The number of ether oxygens (including phenoxy) is 1. The van der Waals surface area contributed by atoms with E-state index in [1.807, 2.05) is 12.1 Å². The van der Waals surface area contributed by atoms with Crippen LogP contribution in [-0.4, -0.2) is 18.6 Å². The summed E-state index contributed by atoms with van der Waals surface area (Å²) in [5, 5.41) is 3.79. The third-order valence-corrected chi connectivity index (χ3v) is 2.68. The maximum Gasteiger partial charge on any atom is 0.320 e. The third kappa shape index (κ3) is 3.83. The van der Waals surface area contributed by atoms with E-state index in [-0.39, 0.29) is 5.97 Å². The van der Waals surface area contributed by atoms with Gasteiger partial charge in [0.1, 0.15) is 6.61 Å². The molecule has 0 aromatic heterocycles. The lowest BCUT2D eigenvalue weighted by Crippen LogP contribution is -2.26. The molecule has 0 amide bonds. The van der Waals surface area contributed by atoms with Crippen molar-refractivity contribution in [1.82, 2.24) is 5.32 Å². The van der Waals surface area contributed by atoms with Gasteiger partial charge in [-0.2, -0.15) is 0 Å².